The summed E-state index contributed by atoms with van der Waals surface area (Å²) in [6.45, 7) is -0.527. The van der Waals surface area contributed by atoms with E-state index in [4.69, 9.17) is 15.6 Å². The van der Waals surface area contributed by atoms with Crippen molar-refractivity contribution < 1.29 is 29.4 Å². The highest BCUT2D eigenvalue weighted by molar-refractivity contribution is 5.84. The van der Waals surface area contributed by atoms with Gasteiger partial charge in [0.15, 0.2) is 12.4 Å². The van der Waals surface area contributed by atoms with Crippen molar-refractivity contribution in [1.82, 2.24) is 0 Å². The number of nitrogens with zero attached hydrogens (tertiary/aromatic N) is 1. The van der Waals surface area contributed by atoms with E-state index in [-0.39, 0.29) is 0 Å². The first-order valence-electron chi connectivity index (χ1n) is 5.44. The summed E-state index contributed by atoms with van der Waals surface area (Å²) in [5.41, 5.74) is 2.86. The average molecular weight is 255 g/mol. The average Bonchev–Trinajstić information content (AvgIpc) is 2.65. The van der Waals surface area contributed by atoms with Crippen LogP contribution in [0.1, 0.15) is 6.23 Å². The van der Waals surface area contributed by atoms with Gasteiger partial charge in [0.25, 0.3) is 11.5 Å². The van der Waals surface area contributed by atoms with Gasteiger partial charge in [0.05, 0.1) is 6.61 Å². The summed E-state index contributed by atoms with van der Waals surface area (Å²) in [4.78, 5) is 11.4. The molecule has 0 aromatic carbocycles. The summed E-state index contributed by atoms with van der Waals surface area (Å²) in [5, 5.41) is 29.2. The molecular weight excluding hydrogens is 240 g/mol. The van der Waals surface area contributed by atoms with Crippen molar-refractivity contribution in [1.29, 1.82) is 0 Å². The molecule has 7 heteroatoms. The van der Waals surface area contributed by atoms with E-state index in [1.165, 1.54) is 4.57 Å². The molecule has 0 unspecified atom stereocenters. The summed E-state index contributed by atoms with van der Waals surface area (Å²) in [6, 6.07) is 5.08. The van der Waals surface area contributed by atoms with Gasteiger partial charge in [-0.05, 0) is 0 Å². The van der Waals surface area contributed by atoms with Gasteiger partial charge in [-0.15, -0.1) is 0 Å². The van der Waals surface area contributed by atoms with Gasteiger partial charge in [0, 0.05) is 12.1 Å². The molecule has 1 saturated heterocycles. The predicted octanol–water partition coefficient (Wildman–Crippen LogP) is -2.56. The molecule has 0 radical (unpaired) electrons. The van der Waals surface area contributed by atoms with E-state index in [2.05, 4.69) is 0 Å². The first-order chi connectivity index (χ1) is 8.51. The van der Waals surface area contributed by atoms with Gasteiger partial charge in [-0.3, -0.25) is 4.79 Å². The molecule has 1 aromatic rings. The van der Waals surface area contributed by atoms with Crippen LogP contribution in [0.3, 0.4) is 0 Å². The number of aliphatic hydroxyl groups excluding tert-OH is 2. The van der Waals surface area contributed by atoms with Crippen LogP contribution in [0.2, 0.25) is 0 Å². The van der Waals surface area contributed by atoms with Crippen molar-refractivity contribution in [2.24, 2.45) is 5.73 Å². The largest absolute Gasteiger partial charge is 0.394 e. The minimum atomic E-state index is -2.28. The summed E-state index contributed by atoms with van der Waals surface area (Å²) in [5.74, 6) is -1.10. The summed E-state index contributed by atoms with van der Waals surface area (Å²) in [7, 11) is 0. The molecule has 0 spiro atoms. The molecule has 1 aliphatic rings. The summed E-state index contributed by atoms with van der Waals surface area (Å²) in [6.07, 6.45) is -0.711. The lowest BCUT2D eigenvalue weighted by atomic mass is 9.93. The highest BCUT2D eigenvalue weighted by Gasteiger charge is 2.64. The maximum atomic E-state index is 11.4. The number of amides is 1. The number of rotatable bonds is 3. The fraction of sp³-hybridized carbons (Fsp3) is 0.455. The molecule has 2 rings (SSSR count). The van der Waals surface area contributed by atoms with Crippen molar-refractivity contribution in [2.75, 3.05) is 6.61 Å². The third-order valence-electron chi connectivity index (χ3n) is 3.07. The van der Waals surface area contributed by atoms with Crippen LogP contribution >= 0.6 is 0 Å². The Morgan fingerprint density at radius 2 is 2.00 bits per heavy atom. The second-order valence-electron chi connectivity index (χ2n) is 4.17. The molecular formula is C11H15N2O5+. The molecule has 1 aromatic heterocycles. The van der Waals surface area contributed by atoms with Gasteiger partial charge in [0.1, 0.15) is 12.2 Å². The maximum Gasteiger partial charge on any atom is 0.304 e. The Kier molecular flexibility index (Phi) is 3.31. The monoisotopic (exact) mass is 255 g/mol. The number of aliphatic hydroxyl groups is 3. The quantitative estimate of drug-likeness (QED) is 0.443. The Bertz CT molecular complexity index is 440. The van der Waals surface area contributed by atoms with Crippen molar-refractivity contribution in [3.05, 3.63) is 30.6 Å². The van der Waals surface area contributed by atoms with Crippen molar-refractivity contribution in [2.45, 2.75) is 24.0 Å². The predicted molar refractivity (Wildman–Crippen MR) is 57.8 cm³/mol. The third kappa shape index (κ3) is 1.77. The Morgan fingerprint density at radius 1 is 1.39 bits per heavy atom. The van der Waals surface area contributed by atoms with Gasteiger partial charge in [0.2, 0.25) is 0 Å². The second-order valence-corrected chi connectivity index (χ2v) is 4.17. The van der Waals surface area contributed by atoms with Crippen LogP contribution in [0.15, 0.2) is 30.6 Å². The first-order valence-corrected chi connectivity index (χ1v) is 5.44. The summed E-state index contributed by atoms with van der Waals surface area (Å²) >= 11 is 0. The van der Waals surface area contributed by atoms with Gasteiger partial charge >= 0.3 is 6.23 Å². The zero-order valence-electron chi connectivity index (χ0n) is 9.51. The number of ether oxygens (including phenoxy) is 1. The molecule has 4 atom stereocenters. The van der Waals surface area contributed by atoms with Crippen molar-refractivity contribution >= 4 is 5.91 Å². The molecule has 5 N–H and O–H groups in total. The minimum Gasteiger partial charge on any atom is -0.394 e. The third-order valence-corrected chi connectivity index (χ3v) is 3.07. The smallest absolute Gasteiger partial charge is 0.304 e. The first kappa shape index (κ1) is 12.9. The van der Waals surface area contributed by atoms with Crippen LogP contribution in [0, 0.1) is 0 Å². The molecule has 1 aliphatic heterocycles. The molecule has 0 saturated carbocycles. The molecule has 0 aliphatic carbocycles. The number of hydrogen-bond donors (Lipinski definition) is 4. The van der Waals surface area contributed by atoms with Crippen LogP contribution in [0.4, 0.5) is 0 Å². The van der Waals surface area contributed by atoms with Gasteiger partial charge in [-0.1, -0.05) is 6.07 Å². The Morgan fingerprint density at radius 3 is 2.50 bits per heavy atom. The van der Waals surface area contributed by atoms with Crippen LogP contribution in [-0.4, -0.2) is 45.6 Å². The van der Waals surface area contributed by atoms with Gasteiger partial charge < -0.3 is 25.8 Å². The molecule has 1 amide bonds. The number of pyridine rings is 1. The number of carbonyl (C=O) groups excluding carboxylic acids is 1. The van der Waals surface area contributed by atoms with E-state index in [1.54, 1.807) is 30.6 Å². The SMILES string of the molecule is NC(=O)[C@]1(O)[C@@H](O)[C@@H](CO)O[C@H]1[n+]1ccccc1. The second kappa shape index (κ2) is 4.62. The van der Waals surface area contributed by atoms with Gasteiger partial charge in [-0.25, -0.2) is 0 Å². The molecule has 98 valence electrons. The van der Waals surface area contributed by atoms with E-state index >= 15 is 0 Å². The molecule has 7 nitrogen and oxygen atoms in total. The zero-order chi connectivity index (χ0) is 13.3. The van der Waals surface area contributed by atoms with E-state index in [9.17, 15) is 15.0 Å². The lowest BCUT2D eigenvalue weighted by Gasteiger charge is -2.23. The molecule has 1 fully saturated rings. The number of nitrogens with two attached hydrogens (primary N) is 1. The maximum absolute atomic E-state index is 11.4. The summed E-state index contributed by atoms with van der Waals surface area (Å²) < 4.78 is 6.70. The zero-order valence-corrected chi connectivity index (χ0v) is 9.51. The highest BCUT2D eigenvalue weighted by Crippen LogP contribution is 2.34. The van der Waals surface area contributed by atoms with Crippen LogP contribution in [0.25, 0.3) is 0 Å². The van der Waals surface area contributed by atoms with E-state index in [0.29, 0.717) is 0 Å². The van der Waals surface area contributed by atoms with Gasteiger partial charge in [-0.2, -0.15) is 4.57 Å². The fourth-order valence-corrected chi connectivity index (χ4v) is 2.05. The van der Waals surface area contributed by atoms with E-state index in [0.717, 1.165) is 0 Å². The Balaban J connectivity index is 2.43. The standard InChI is InChI=1S/C11H14N2O5/c12-9(16)11(17)8(15)7(6-14)18-10(11)13-4-2-1-3-5-13/h1-5,7-8,10,14-15,17H,6H2,(H-,12,16)/p+1/t7-,8+,10-,11-/m1/s1. The fourth-order valence-electron chi connectivity index (χ4n) is 2.05. The van der Waals surface area contributed by atoms with E-state index in [1.807, 2.05) is 0 Å². The van der Waals surface area contributed by atoms with Crippen molar-refractivity contribution in [3.8, 4) is 0 Å². The van der Waals surface area contributed by atoms with Crippen LogP contribution in [0.5, 0.6) is 0 Å². The molecule has 18 heavy (non-hydrogen) atoms. The number of primary amides is 1. The molecule has 0 bridgehead atoms. The lowest BCUT2D eigenvalue weighted by Crippen LogP contribution is -2.62. The molecule has 2 heterocycles. The van der Waals surface area contributed by atoms with Crippen LogP contribution in [-0.2, 0) is 9.53 Å². The number of carbonyl (C=O) groups is 1. The lowest BCUT2D eigenvalue weighted by molar-refractivity contribution is -0.769. The van der Waals surface area contributed by atoms with Crippen molar-refractivity contribution in [3.63, 3.8) is 0 Å². The number of aromatic nitrogens is 1. The number of hydrogen-bond acceptors (Lipinski definition) is 5. The highest BCUT2D eigenvalue weighted by atomic mass is 16.6. The Labute approximate surface area is 103 Å². The minimum absolute atomic E-state index is 0.527. The van der Waals surface area contributed by atoms with Crippen LogP contribution < -0.4 is 10.3 Å². The van der Waals surface area contributed by atoms with E-state index < -0.39 is 36.6 Å². The topological polar surface area (TPSA) is 117 Å². The normalized spacial score (nSPS) is 35.6. The Hall–Kier alpha value is -1.54.